The number of benzene rings is 1. The quantitative estimate of drug-likeness (QED) is 0.663. The van der Waals surface area contributed by atoms with Crippen LogP contribution >= 0.6 is 11.3 Å². The number of nitrogens with one attached hydrogen (secondary N) is 3. The Morgan fingerprint density at radius 2 is 2.14 bits per heavy atom. The number of fused-ring (bicyclic) bond motifs is 1. The van der Waals surface area contributed by atoms with Gasteiger partial charge in [0, 0.05) is 5.39 Å². The molecule has 0 aliphatic rings. The van der Waals surface area contributed by atoms with Crippen molar-refractivity contribution < 1.29 is 9.69 Å². The van der Waals surface area contributed by atoms with Gasteiger partial charge in [0.1, 0.15) is 6.04 Å². The van der Waals surface area contributed by atoms with Gasteiger partial charge in [-0.1, -0.05) is 24.3 Å². The number of carbonyl (C=O) groups is 1. The van der Waals surface area contributed by atoms with Gasteiger partial charge in [-0.25, -0.2) is 0 Å². The molecule has 3 aromatic rings. The second kappa shape index (κ2) is 6.29. The molecule has 3 rings (SSSR count). The molecule has 22 heavy (non-hydrogen) atoms. The van der Waals surface area contributed by atoms with E-state index in [1.165, 1.54) is 9.78 Å². The van der Waals surface area contributed by atoms with Crippen LogP contribution in [0.25, 0.3) is 10.9 Å². The summed E-state index contributed by atoms with van der Waals surface area (Å²) in [6.45, 7) is 0.586. The number of hydrogen-bond acceptors (Lipinski definition) is 3. The first kappa shape index (κ1) is 14.7. The van der Waals surface area contributed by atoms with Gasteiger partial charge in [-0.05, 0) is 17.5 Å². The minimum Gasteiger partial charge on any atom is -0.344 e. The first-order chi connectivity index (χ1) is 10.7. The van der Waals surface area contributed by atoms with Crippen LogP contribution in [0, 0.1) is 0 Å². The van der Waals surface area contributed by atoms with E-state index in [9.17, 15) is 4.79 Å². The molecule has 1 amide bonds. The molecule has 1 aromatic carbocycles. The third-order valence-electron chi connectivity index (χ3n) is 3.74. The maximum Gasteiger partial charge on any atom is 0.272 e. The molecule has 0 unspecified atom stereocenters. The highest BCUT2D eigenvalue weighted by atomic mass is 32.1. The number of quaternary nitrogens is 1. The number of amides is 1. The lowest BCUT2D eigenvalue weighted by Gasteiger charge is -2.20. The van der Waals surface area contributed by atoms with Gasteiger partial charge in [0.15, 0.2) is 5.69 Å². The molecule has 2 aromatic heterocycles. The molecule has 6 heteroatoms. The Labute approximate surface area is 133 Å². The van der Waals surface area contributed by atoms with E-state index in [2.05, 4.69) is 41.1 Å². The number of nitrogens with zero attached hydrogens (tertiary/aromatic N) is 1. The van der Waals surface area contributed by atoms with Gasteiger partial charge >= 0.3 is 0 Å². The Balaban J connectivity index is 1.74. The highest BCUT2D eigenvalue weighted by Crippen LogP contribution is 2.17. The number of rotatable bonds is 5. The first-order valence-corrected chi connectivity index (χ1v) is 8.09. The molecule has 1 atom stereocenters. The number of aromatic amines is 1. The minimum atomic E-state index is -0.139. The SMILES string of the molecule is C[NH+](C)[C@@H](CNC(=O)c1n[nH]c2ccccc12)c1cccs1. The summed E-state index contributed by atoms with van der Waals surface area (Å²) in [6, 6.07) is 12.0. The van der Waals surface area contributed by atoms with Crippen LogP contribution < -0.4 is 10.2 Å². The third-order valence-corrected chi connectivity index (χ3v) is 4.72. The lowest BCUT2D eigenvalue weighted by atomic mass is 10.2. The van der Waals surface area contributed by atoms with Crippen molar-refractivity contribution in [1.29, 1.82) is 0 Å². The smallest absolute Gasteiger partial charge is 0.272 e. The van der Waals surface area contributed by atoms with E-state index in [4.69, 9.17) is 0 Å². The molecule has 0 saturated carbocycles. The number of aromatic nitrogens is 2. The van der Waals surface area contributed by atoms with Gasteiger partial charge in [-0.15, -0.1) is 11.3 Å². The maximum absolute atomic E-state index is 12.4. The van der Waals surface area contributed by atoms with Crippen LogP contribution in [0.4, 0.5) is 0 Å². The van der Waals surface area contributed by atoms with Crippen molar-refractivity contribution in [2.45, 2.75) is 6.04 Å². The summed E-state index contributed by atoms with van der Waals surface area (Å²) in [7, 11) is 4.20. The van der Waals surface area contributed by atoms with Crippen LogP contribution in [0.3, 0.4) is 0 Å². The van der Waals surface area contributed by atoms with Crippen LogP contribution in [0.15, 0.2) is 41.8 Å². The predicted octanol–water partition coefficient (Wildman–Crippen LogP) is 1.24. The number of hydrogen-bond donors (Lipinski definition) is 3. The molecule has 114 valence electrons. The maximum atomic E-state index is 12.4. The van der Waals surface area contributed by atoms with Gasteiger partial charge in [-0.2, -0.15) is 5.10 Å². The van der Waals surface area contributed by atoms with E-state index in [0.717, 1.165) is 10.9 Å². The van der Waals surface area contributed by atoms with Crippen LogP contribution in [-0.2, 0) is 0 Å². The fourth-order valence-corrected chi connectivity index (χ4v) is 3.45. The Bertz CT molecular complexity index is 763. The normalized spacial score (nSPS) is 12.7. The highest BCUT2D eigenvalue weighted by Gasteiger charge is 2.21. The summed E-state index contributed by atoms with van der Waals surface area (Å²) < 4.78 is 0. The molecule has 5 nitrogen and oxygen atoms in total. The van der Waals surface area contributed by atoms with Crippen LogP contribution in [0.5, 0.6) is 0 Å². The van der Waals surface area contributed by atoms with E-state index in [-0.39, 0.29) is 11.9 Å². The number of likely N-dealkylation sites (N-methyl/N-ethyl adjacent to an activating group) is 1. The first-order valence-electron chi connectivity index (χ1n) is 7.21. The number of H-pyrrole nitrogens is 1. The zero-order valence-corrected chi connectivity index (χ0v) is 13.4. The molecule has 0 fully saturated rings. The Morgan fingerprint density at radius 3 is 2.86 bits per heavy atom. The van der Waals surface area contributed by atoms with E-state index >= 15 is 0 Å². The molecule has 2 heterocycles. The lowest BCUT2D eigenvalue weighted by Crippen LogP contribution is -3.06. The zero-order chi connectivity index (χ0) is 15.5. The molecule has 0 saturated heterocycles. The summed E-state index contributed by atoms with van der Waals surface area (Å²) in [6.07, 6.45) is 0. The summed E-state index contributed by atoms with van der Waals surface area (Å²) >= 11 is 1.72. The molecule has 0 bridgehead atoms. The molecule has 3 N–H and O–H groups in total. The van der Waals surface area contributed by atoms with Crippen molar-refractivity contribution in [3.8, 4) is 0 Å². The van der Waals surface area contributed by atoms with Crippen molar-refractivity contribution in [3.63, 3.8) is 0 Å². The van der Waals surface area contributed by atoms with Crippen molar-refractivity contribution >= 4 is 28.1 Å². The molecule has 0 spiro atoms. The van der Waals surface area contributed by atoms with Crippen molar-refractivity contribution in [2.24, 2.45) is 0 Å². The number of para-hydroxylation sites is 1. The van der Waals surface area contributed by atoms with E-state index in [0.29, 0.717) is 12.2 Å². The molecule has 0 aliphatic carbocycles. The fourth-order valence-electron chi connectivity index (χ4n) is 2.49. The van der Waals surface area contributed by atoms with Gasteiger partial charge in [0.25, 0.3) is 5.91 Å². The average molecular weight is 315 g/mol. The molecular weight excluding hydrogens is 296 g/mol. The Hall–Kier alpha value is -2.18. The Kier molecular flexibility index (Phi) is 4.22. The highest BCUT2D eigenvalue weighted by molar-refractivity contribution is 7.10. The second-order valence-electron chi connectivity index (χ2n) is 5.47. The van der Waals surface area contributed by atoms with Crippen molar-refractivity contribution in [1.82, 2.24) is 15.5 Å². The van der Waals surface area contributed by atoms with Gasteiger partial charge in [0.2, 0.25) is 0 Å². The van der Waals surface area contributed by atoms with E-state index in [1.54, 1.807) is 11.3 Å². The molecule has 0 radical (unpaired) electrons. The fraction of sp³-hybridized carbons (Fsp3) is 0.250. The third kappa shape index (κ3) is 2.88. The predicted molar refractivity (Wildman–Crippen MR) is 88.3 cm³/mol. The van der Waals surface area contributed by atoms with E-state index < -0.39 is 0 Å². The molecule has 0 aliphatic heterocycles. The lowest BCUT2D eigenvalue weighted by molar-refractivity contribution is -0.890. The summed E-state index contributed by atoms with van der Waals surface area (Å²) in [4.78, 5) is 15.0. The standard InChI is InChI=1S/C16H18N4OS/c1-20(2)13(14-8-5-9-22-14)10-17-16(21)15-11-6-3-4-7-12(11)18-19-15/h3-9,13H,10H2,1-2H3,(H,17,21)(H,18,19)/p+1/t13-/m0/s1. The largest absolute Gasteiger partial charge is 0.344 e. The number of carbonyl (C=O) groups excluding carboxylic acids is 1. The summed E-state index contributed by atoms with van der Waals surface area (Å²) in [5, 5.41) is 13.0. The van der Waals surface area contributed by atoms with Crippen LogP contribution in [-0.4, -0.2) is 36.7 Å². The summed E-state index contributed by atoms with van der Waals surface area (Å²) in [5.41, 5.74) is 1.33. The van der Waals surface area contributed by atoms with Gasteiger partial charge in [-0.3, -0.25) is 9.89 Å². The van der Waals surface area contributed by atoms with Crippen LogP contribution in [0.1, 0.15) is 21.4 Å². The number of thiophene rings is 1. The van der Waals surface area contributed by atoms with Gasteiger partial charge < -0.3 is 10.2 Å². The van der Waals surface area contributed by atoms with Crippen molar-refractivity contribution in [3.05, 3.63) is 52.3 Å². The average Bonchev–Trinajstić information content (AvgIpc) is 3.16. The monoisotopic (exact) mass is 315 g/mol. The van der Waals surface area contributed by atoms with Crippen LogP contribution in [0.2, 0.25) is 0 Å². The summed E-state index contributed by atoms with van der Waals surface area (Å²) in [5.74, 6) is -0.139. The van der Waals surface area contributed by atoms with E-state index in [1.807, 2.05) is 30.3 Å². The molecular formula is C16H19N4OS+. The Morgan fingerprint density at radius 1 is 1.32 bits per heavy atom. The topological polar surface area (TPSA) is 62.2 Å². The van der Waals surface area contributed by atoms with Crippen molar-refractivity contribution in [2.75, 3.05) is 20.6 Å². The van der Waals surface area contributed by atoms with Gasteiger partial charge in [0.05, 0.1) is 31.0 Å². The zero-order valence-electron chi connectivity index (χ0n) is 12.6. The minimum absolute atomic E-state index is 0.139. The second-order valence-corrected chi connectivity index (χ2v) is 6.45.